The maximum Gasteiger partial charge on any atom is 0.126 e. The van der Waals surface area contributed by atoms with Crippen molar-refractivity contribution in [2.45, 2.75) is 58.5 Å². The van der Waals surface area contributed by atoms with Crippen molar-refractivity contribution in [3.8, 4) is 0 Å². The first-order chi connectivity index (χ1) is 8.88. The Hall–Kier alpha value is -0.960. The van der Waals surface area contributed by atoms with Gasteiger partial charge in [0.1, 0.15) is 11.6 Å². The third-order valence-corrected chi connectivity index (χ3v) is 4.34. The zero-order chi connectivity index (χ0) is 14.0. The van der Waals surface area contributed by atoms with Crippen LogP contribution in [0.3, 0.4) is 0 Å². The van der Waals surface area contributed by atoms with E-state index in [1.54, 1.807) is 0 Å². The lowest BCUT2D eigenvalue weighted by Gasteiger charge is -2.40. The van der Waals surface area contributed by atoms with Crippen molar-refractivity contribution in [1.82, 2.24) is 5.32 Å². The largest absolute Gasteiger partial charge is 0.307 e. The molecule has 1 saturated carbocycles. The van der Waals surface area contributed by atoms with Crippen molar-refractivity contribution >= 4 is 0 Å². The first kappa shape index (κ1) is 14.4. The second kappa shape index (κ2) is 5.58. The molecular formula is C16H23F2N. The van der Waals surface area contributed by atoms with Crippen LogP contribution >= 0.6 is 0 Å². The van der Waals surface area contributed by atoms with Crippen molar-refractivity contribution in [3.05, 3.63) is 35.4 Å². The van der Waals surface area contributed by atoms with E-state index in [0.717, 1.165) is 12.5 Å². The molecule has 0 amide bonds. The van der Waals surface area contributed by atoms with Gasteiger partial charge in [-0.2, -0.15) is 0 Å². The molecule has 1 fully saturated rings. The number of halogens is 2. The molecule has 0 radical (unpaired) electrons. The van der Waals surface area contributed by atoms with Crippen molar-refractivity contribution in [2.24, 2.45) is 5.41 Å². The van der Waals surface area contributed by atoms with Gasteiger partial charge in [0.15, 0.2) is 0 Å². The minimum Gasteiger partial charge on any atom is -0.307 e. The molecule has 0 saturated heterocycles. The Bertz CT molecular complexity index is 422. The Labute approximate surface area is 114 Å². The molecule has 0 spiro atoms. The summed E-state index contributed by atoms with van der Waals surface area (Å²) in [7, 11) is 0. The van der Waals surface area contributed by atoms with Gasteiger partial charge in [-0.15, -0.1) is 0 Å². The fourth-order valence-corrected chi connectivity index (χ4v) is 3.03. The van der Waals surface area contributed by atoms with Crippen LogP contribution in [0, 0.1) is 17.0 Å². The molecule has 0 bridgehead atoms. The smallest absolute Gasteiger partial charge is 0.126 e. The van der Waals surface area contributed by atoms with E-state index < -0.39 is 11.6 Å². The predicted octanol–water partition coefficient (Wildman–Crippen LogP) is 4.58. The molecular weight excluding hydrogens is 244 g/mol. The van der Waals surface area contributed by atoms with Gasteiger partial charge in [-0.1, -0.05) is 26.7 Å². The lowest BCUT2D eigenvalue weighted by atomic mass is 9.73. The second-order valence-corrected chi connectivity index (χ2v) is 6.38. The average Bonchev–Trinajstić information content (AvgIpc) is 2.30. The van der Waals surface area contributed by atoms with Gasteiger partial charge in [0.2, 0.25) is 0 Å². The minimum atomic E-state index is -0.508. The van der Waals surface area contributed by atoms with Crippen molar-refractivity contribution in [1.29, 1.82) is 0 Å². The quantitative estimate of drug-likeness (QED) is 0.845. The molecule has 0 aromatic heterocycles. The van der Waals surface area contributed by atoms with Crippen LogP contribution in [-0.4, -0.2) is 6.04 Å². The van der Waals surface area contributed by atoms with E-state index in [0.29, 0.717) is 11.6 Å². The number of benzene rings is 1. The van der Waals surface area contributed by atoms with E-state index in [-0.39, 0.29) is 11.5 Å². The normalized spacial score (nSPS) is 24.2. The molecule has 3 heteroatoms. The summed E-state index contributed by atoms with van der Waals surface area (Å²) < 4.78 is 26.5. The van der Waals surface area contributed by atoms with Gasteiger partial charge in [-0.25, -0.2) is 8.78 Å². The van der Waals surface area contributed by atoms with Crippen molar-refractivity contribution < 1.29 is 8.78 Å². The SMILES string of the molecule is CC(NC1CCCCC1(C)C)c1cc(F)cc(F)c1. The molecule has 1 aliphatic carbocycles. The monoisotopic (exact) mass is 267 g/mol. The molecule has 1 aromatic carbocycles. The van der Waals surface area contributed by atoms with E-state index in [4.69, 9.17) is 0 Å². The Kier molecular flexibility index (Phi) is 4.24. The lowest BCUT2D eigenvalue weighted by Crippen LogP contribution is -2.45. The van der Waals surface area contributed by atoms with Gasteiger partial charge in [-0.3, -0.25) is 0 Å². The summed E-state index contributed by atoms with van der Waals surface area (Å²) >= 11 is 0. The summed E-state index contributed by atoms with van der Waals surface area (Å²) in [5.74, 6) is -1.02. The molecule has 2 atom stereocenters. The number of nitrogens with one attached hydrogen (secondary N) is 1. The van der Waals surface area contributed by atoms with Crippen molar-refractivity contribution in [2.75, 3.05) is 0 Å². The third kappa shape index (κ3) is 3.53. The van der Waals surface area contributed by atoms with Crippen LogP contribution in [0.4, 0.5) is 8.78 Å². The third-order valence-electron chi connectivity index (χ3n) is 4.34. The summed E-state index contributed by atoms with van der Waals surface area (Å²) in [6.45, 7) is 6.50. The van der Waals surface area contributed by atoms with E-state index in [2.05, 4.69) is 19.2 Å². The van der Waals surface area contributed by atoms with Gasteiger partial charge in [0.05, 0.1) is 0 Å². The molecule has 0 aliphatic heterocycles. The van der Waals surface area contributed by atoms with Gasteiger partial charge < -0.3 is 5.32 Å². The van der Waals surface area contributed by atoms with Gasteiger partial charge >= 0.3 is 0 Å². The first-order valence-corrected chi connectivity index (χ1v) is 7.10. The molecule has 1 aliphatic rings. The Morgan fingerprint density at radius 1 is 1.16 bits per heavy atom. The number of hydrogen-bond donors (Lipinski definition) is 1. The van der Waals surface area contributed by atoms with Crippen LogP contribution < -0.4 is 5.32 Å². The number of rotatable bonds is 3. The Balaban J connectivity index is 2.09. The zero-order valence-corrected chi connectivity index (χ0v) is 12.0. The summed E-state index contributed by atoms with van der Waals surface area (Å²) in [5, 5.41) is 3.55. The molecule has 2 unspecified atom stereocenters. The second-order valence-electron chi connectivity index (χ2n) is 6.38. The lowest BCUT2D eigenvalue weighted by molar-refractivity contribution is 0.157. The summed E-state index contributed by atoms with van der Waals surface area (Å²) in [6.07, 6.45) is 4.84. The summed E-state index contributed by atoms with van der Waals surface area (Å²) in [6, 6.07) is 4.11. The predicted molar refractivity (Wildman–Crippen MR) is 73.9 cm³/mol. The van der Waals surface area contributed by atoms with E-state index in [9.17, 15) is 8.78 Å². The highest BCUT2D eigenvalue weighted by Gasteiger charge is 2.32. The highest BCUT2D eigenvalue weighted by atomic mass is 19.1. The summed E-state index contributed by atoms with van der Waals surface area (Å²) in [4.78, 5) is 0. The van der Waals surface area contributed by atoms with E-state index in [1.165, 1.54) is 31.4 Å². The average molecular weight is 267 g/mol. The van der Waals surface area contributed by atoms with Gasteiger partial charge in [0.25, 0.3) is 0 Å². The fraction of sp³-hybridized carbons (Fsp3) is 0.625. The molecule has 19 heavy (non-hydrogen) atoms. The van der Waals surface area contributed by atoms with Crippen LogP contribution in [0.15, 0.2) is 18.2 Å². The zero-order valence-electron chi connectivity index (χ0n) is 12.0. The van der Waals surface area contributed by atoms with Crippen LogP contribution in [0.2, 0.25) is 0 Å². The maximum atomic E-state index is 13.3. The van der Waals surface area contributed by atoms with Crippen LogP contribution in [0.1, 0.15) is 58.1 Å². The standard InChI is InChI=1S/C16H23F2N/c1-11(12-8-13(17)10-14(18)9-12)19-15-6-4-5-7-16(15,2)3/h8-11,15,19H,4-7H2,1-3H3. The minimum absolute atomic E-state index is 0.0347. The van der Waals surface area contributed by atoms with E-state index >= 15 is 0 Å². The van der Waals surface area contributed by atoms with E-state index in [1.807, 2.05) is 6.92 Å². The Morgan fingerprint density at radius 2 is 1.79 bits per heavy atom. The molecule has 2 rings (SSSR count). The fourth-order valence-electron chi connectivity index (χ4n) is 3.03. The highest BCUT2D eigenvalue weighted by Crippen LogP contribution is 2.36. The van der Waals surface area contributed by atoms with Crippen LogP contribution in [0.25, 0.3) is 0 Å². The summed E-state index contributed by atoms with van der Waals surface area (Å²) in [5.41, 5.74) is 0.928. The molecule has 1 aromatic rings. The van der Waals surface area contributed by atoms with Crippen molar-refractivity contribution in [3.63, 3.8) is 0 Å². The van der Waals surface area contributed by atoms with Gasteiger partial charge in [-0.05, 0) is 42.9 Å². The molecule has 0 heterocycles. The topological polar surface area (TPSA) is 12.0 Å². The highest BCUT2D eigenvalue weighted by molar-refractivity contribution is 5.21. The molecule has 106 valence electrons. The number of hydrogen-bond acceptors (Lipinski definition) is 1. The van der Waals surface area contributed by atoms with Crippen LogP contribution in [0.5, 0.6) is 0 Å². The molecule has 1 N–H and O–H groups in total. The van der Waals surface area contributed by atoms with Crippen LogP contribution in [-0.2, 0) is 0 Å². The maximum absolute atomic E-state index is 13.3. The van der Waals surface area contributed by atoms with Gasteiger partial charge in [0, 0.05) is 18.2 Å². The first-order valence-electron chi connectivity index (χ1n) is 7.10. The molecule has 1 nitrogen and oxygen atoms in total. The Morgan fingerprint density at radius 3 is 2.37 bits per heavy atom.